The van der Waals surface area contributed by atoms with Crippen LogP contribution in [-0.4, -0.2) is 17.2 Å². The Morgan fingerprint density at radius 3 is 2.30 bits per heavy atom. The average Bonchev–Trinajstić information content (AvgIpc) is 3.24. The van der Waals surface area contributed by atoms with Crippen LogP contribution in [0.25, 0.3) is 0 Å². The Bertz CT molecular complexity index is 373. The molecule has 0 aromatic heterocycles. The van der Waals surface area contributed by atoms with Crippen LogP contribution in [0.4, 0.5) is 4.79 Å². The van der Waals surface area contributed by atoms with Gasteiger partial charge in [-0.15, -0.1) is 0 Å². The SMILES string of the molecule is CC.CCCCc1ccccc1C.O=C(O)NC1CC1. The number of hydrogen-bond donors (Lipinski definition) is 2. The van der Waals surface area contributed by atoms with E-state index < -0.39 is 6.09 Å². The molecule has 2 N–H and O–H groups in total. The van der Waals surface area contributed by atoms with E-state index in [0.29, 0.717) is 0 Å². The van der Waals surface area contributed by atoms with Crippen LogP contribution in [0.3, 0.4) is 0 Å². The maximum atomic E-state index is 9.74. The number of unbranched alkanes of at least 4 members (excludes halogenated alkanes) is 1. The highest BCUT2D eigenvalue weighted by atomic mass is 16.4. The Labute approximate surface area is 123 Å². The molecule has 0 spiro atoms. The highest BCUT2D eigenvalue weighted by molar-refractivity contribution is 5.65. The third-order valence-electron chi connectivity index (χ3n) is 2.97. The molecule has 1 aliphatic carbocycles. The lowest BCUT2D eigenvalue weighted by molar-refractivity contribution is 0.194. The van der Waals surface area contributed by atoms with Crippen molar-refractivity contribution in [1.29, 1.82) is 0 Å². The summed E-state index contributed by atoms with van der Waals surface area (Å²) < 4.78 is 0. The zero-order chi connectivity index (χ0) is 15.4. The van der Waals surface area contributed by atoms with Crippen molar-refractivity contribution in [3.8, 4) is 0 Å². The molecule has 2 rings (SSSR count). The molecule has 0 aliphatic heterocycles. The fourth-order valence-electron chi connectivity index (χ4n) is 1.66. The van der Waals surface area contributed by atoms with Crippen LogP contribution < -0.4 is 5.32 Å². The molecule has 1 aromatic carbocycles. The highest BCUT2D eigenvalue weighted by Crippen LogP contribution is 2.17. The van der Waals surface area contributed by atoms with Gasteiger partial charge in [0.05, 0.1) is 0 Å². The minimum absolute atomic E-state index is 0.275. The van der Waals surface area contributed by atoms with Gasteiger partial charge in [0.15, 0.2) is 0 Å². The van der Waals surface area contributed by atoms with Crippen molar-refractivity contribution in [2.75, 3.05) is 0 Å². The van der Waals surface area contributed by atoms with Gasteiger partial charge in [-0.1, -0.05) is 51.5 Å². The minimum Gasteiger partial charge on any atom is -0.465 e. The Kier molecular flexibility index (Phi) is 10.5. The molecule has 3 heteroatoms. The monoisotopic (exact) mass is 279 g/mol. The molecule has 1 amide bonds. The van der Waals surface area contributed by atoms with Gasteiger partial charge in [0.1, 0.15) is 0 Å². The summed E-state index contributed by atoms with van der Waals surface area (Å²) >= 11 is 0. The summed E-state index contributed by atoms with van der Waals surface area (Å²) in [5.41, 5.74) is 2.94. The van der Waals surface area contributed by atoms with Gasteiger partial charge in [-0.25, -0.2) is 4.79 Å². The fraction of sp³-hybridized carbons (Fsp3) is 0.588. The number of aryl methyl sites for hydroxylation is 2. The minimum atomic E-state index is -0.900. The predicted octanol–water partition coefficient (Wildman–Crippen LogP) is 4.78. The first-order valence-electron chi connectivity index (χ1n) is 7.67. The van der Waals surface area contributed by atoms with E-state index in [2.05, 4.69) is 43.4 Å². The van der Waals surface area contributed by atoms with Gasteiger partial charge in [-0.2, -0.15) is 0 Å². The van der Waals surface area contributed by atoms with Crippen molar-refractivity contribution in [2.24, 2.45) is 0 Å². The molecule has 1 fully saturated rings. The van der Waals surface area contributed by atoms with Crippen molar-refractivity contribution in [3.05, 3.63) is 35.4 Å². The van der Waals surface area contributed by atoms with Gasteiger partial charge < -0.3 is 10.4 Å². The first kappa shape index (κ1) is 18.5. The van der Waals surface area contributed by atoms with Crippen LogP contribution in [0.2, 0.25) is 0 Å². The van der Waals surface area contributed by atoms with Crippen LogP contribution in [0.1, 0.15) is 57.6 Å². The molecule has 0 radical (unpaired) electrons. The lowest BCUT2D eigenvalue weighted by Crippen LogP contribution is -2.22. The molecule has 0 unspecified atom stereocenters. The van der Waals surface area contributed by atoms with E-state index in [1.807, 2.05) is 13.8 Å². The maximum absolute atomic E-state index is 9.74. The highest BCUT2D eigenvalue weighted by Gasteiger charge is 2.22. The molecule has 114 valence electrons. The summed E-state index contributed by atoms with van der Waals surface area (Å²) in [6.45, 7) is 8.42. The molecular formula is C17H29NO2. The van der Waals surface area contributed by atoms with Gasteiger partial charge >= 0.3 is 6.09 Å². The standard InChI is InChI=1S/C11H16.C4H7NO2.C2H6/c1-3-4-8-11-9-6-5-7-10(11)2;6-4(7)5-3-1-2-3;1-2/h5-7,9H,3-4,8H2,1-2H3;3,5H,1-2H2,(H,6,7);1-2H3. The molecule has 0 heterocycles. The van der Waals surface area contributed by atoms with E-state index in [9.17, 15) is 4.79 Å². The van der Waals surface area contributed by atoms with Crippen molar-refractivity contribution >= 4 is 6.09 Å². The van der Waals surface area contributed by atoms with Gasteiger partial charge in [0, 0.05) is 6.04 Å². The second-order valence-electron chi connectivity index (χ2n) is 4.75. The smallest absolute Gasteiger partial charge is 0.404 e. The summed E-state index contributed by atoms with van der Waals surface area (Å²) in [6.07, 6.45) is 4.98. The number of rotatable bonds is 4. The molecule has 0 bridgehead atoms. The molecule has 1 saturated carbocycles. The molecule has 1 aromatic rings. The summed E-state index contributed by atoms with van der Waals surface area (Å²) in [7, 11) is 0. The van der Waals surface area contributed by atoms with Crippen molar-refractivity contribution < 1.29 is 9.90 Å². The molecule has 0 saturated heterocycles. The van der Waals surface area contributed by atoms with Crippen LogP contribution in [0.15, 0.2) is 24.3 Å². The van der Waals surface area contributed by atoms with Crippen molar-refractivity contribution in [1.82, 2.24) is 5.32 Å². The molecule has 0 atom stereocenters. The third-order valence-corrected chi connectivity index (χ3v) is 2.97. The summed E-state index contributed by atoms with van der Waals surface area (Å²) in [6, 6.07) is 8.91. The van der Waals surface area contributed by atoms with E-state index in [1.165, 1.54) is 30.4 Å². The molecule has 20 heavy (non-hydrogen) atoms. The van der Waals surface area contributed by atoms with Crippen LogP contribution in [0.5, 0.6) is 0 Å². The Hall–Kier alpha value is -1.51. The number of hydrogen-bond acceptors (Lipinski definition) is 1. The van der Waals surface area contributed by atoms with Gasteiger partial charge in [-0.05, 0) is 43.7 Å². The second-order valence-corrected chi connectivity index (χ2v) is 4.75. The first-order chi connectivity index (χ1) is 9.63. The van der Waals surface area contributed by atoms with Gasteiger partial charge in [0.25, 0.3) is 0 Å². The van der Waals surface area contributed by atoms with Gasteiger partial charge in [0.2, 0.25) is 0 Å². The van der Waals surface area contributed by atoms with Gasteiger partial charge in [-0.3, -0.25) is 0 Å². The lowest BCUT2D eigenvalue weighted by Gasteiger charge is -2.02. The van der Waals surface area contributed by atoms with Crippen LogP contribution >= 0.6 is 0 Å². The van der Waals surface area contributed by atoms with E-state index in [-0.39, 0.29) is 6.04 Å². The number of carboxylic acid groups (broad SMARTS) is 1. The fourth-order valence-corrected chi connectivity index (χ4v) is 1.66. The van der Waals surface area contributed by atoms with E-state index in [1.54, 1.807) is 0 Å². The van der Waals surface area contributed by atoms with E-state index in [4.69, 9.17) is 5.11 Å². The van der Waals surface area contributed by atoms with Crippen molar-refractivity contribution in [2.45, 2.75) is 65.8 Å². The zero-order valence-electron chi connectivity index (χ0n) is 13.3. The predicted molar refractivity (Wildman–Crippen MR) is 85.3 cm³/mol. The first-order valence-corrected chi connectivity index (χ1v) is 7.67. The molecular weight excluding hydrogens is 250 g/mol. The Balaban J connectivity index is 0.000000345. The van der Waals surface area contributed by atoms with E-state index >= 15 is 0 Å². The number of benzene rings is 1. The number of amides is 1. The molecule has 3 nitrogen and oxygen atoms in total. The van der Waals surface area contributed by atoms with Crippen LogP contribution in [-0.2, 0) is 6.42 Å². The quantitative estimate of drug-likeness (QED) is 0.833. The summed E-state index contributed by atoms with van der Waals surface area (Å²) in [5.74, 6) is 0. The maximum Gasteiger partial charge on any atom is 0.404 e. The second kappa shape index (κ2) is 11.3. The topological polar surface area (TPSA) is 49.3 Å². The van der Waals surface area contributed by atoms with Crippen LogP contribution in [0, 0.1) is 6.92 Å². The normalized spacial score (nSPS) is 12.4. The zero-order valence-corrected chi connectivity index (χ0v) is 13.3. The Morgan fingerprint density at radius 1 is 1.30 bits per heavy atom. The number of nitrogens with one attached hydrogen (secondary N) is 1. The average molecular weight is 279 g/mol. The summed E-state index contributed by atoms with van der Waals surface area (Å²) in [4.78, 5) is 9.74. The largest absolute Gasteiger partial charge is 0.465 e. The Morgan fingerprint density at radius 2 is 1.90 bits per heavy atom. The summed E-state index contributed by atoms with van der Waals surface area (Å²) in [5, 5.41) is 10.3. The van der Waals surface area contributed by atoms with E-state index in [0.717, 1.165) is 12.8 Å². The lowest BCUT2D eigenvalue weighted by atomic mass is 10.0. The number of carbonyl (C=O) groups is 1. The molecule has 1 aliphatic rings. The third kappa shape index (κ3) is 9.42. The van der Waals surface area contributed by atoms with Crippen molar-refractivity contribution in [3.63, 3.8) is 0 Å².